The molecule has 0 aromatic carbocycles. The fourth-order valence-corrected chi connectivity index (χ4v) is 11.2. The number of carbonyl (C=O) groups is 3. The summed E-state index contributed by atoms with van der Waals surface area (Å²) in [7, 11) is 0. The third kappa shape index (κ3) is 66.7. The molecular weight excluding hydrogens is 985 g/mol. The predicted octanol–water partition coefficient (Wildman–Crippen LogP) is 25.0. The Morgan fingerprint density at radius 2 is 0.450 bits per heavy atom. The summed E-state index contributed by atoms with van der Waals surface area (Å²) < 4.78 is 17.0. The van der Waals surface area contributed by atoms with Gasteiger partial charge in [-0.2, -0.15) is 0 Å². The Morgan fingerprint density at radius 1 is 0.250 bits per heavy atom. The fraction of sp³-hybridized carbons (Fsp3) is 0.905. The zero-order valence-electron chi connectivity index (χ0n) is 54.4. The summed E-state index contributed by atoms with van der Waals surface area (Å²) in [6, 6.07) is 0. The summed E-state index contributed by atoms with van der Waals surface area (Å²) in [5.41, 5.74) is 0. The number of rotatable bonds is 68. The van der Waals surface area contributed by atoms with E-state index in [9.17, 15) is 14.4 Å². The number of hydrogen-bond acceptors (Lipinski definition) is 6. The highest BCUT2D eigenvalue weighted by Crippen LogP contribution is 2.19. The summed E-state index contributed by atoms with van der Waals surface area (Å²) in [5.74, 6) is -0.830. The van der Waals surface area contributed by atoms with Gasteiger partial charge in [0.15, 0.2) is 6.10 Å². The molecule has 0 amide bonds. The van der Waals surface area contributed by atoms with Crippen LogP contribution in [0.4, 0.5) is 0 Å². The molecule has 6 nitrogen and oxygen atoms in total. The van der Waals surface area contributed by atoms with Crippen molar-refractivity contribution < 1.29 is 28.6 Å². The SMILES string of the molecule is CCCCCCC/C=C\C/C=C\CCCCCCCCCCCCCCCCCCCC(=O)OCC(COC(=O)CCCCCCCCCCCCC)OC(=O)CCCCCCCCCCCCCCCCCCCCCCCC. The van der Waals surface area contributed by atoms with Crippen molar-refractivity contribution in [2.75, 3.05) is 13.2 Å². The first-order valence-corrected chi connectivity index (χ1v) is 36.3. The zero-order valence-corrected chi connectivity index (χ0v) is 54.4. The molecule has 0 spiro atoms. The average Bonchev–Trinajstić information content (AvgIpc) is 3.46. The van der Waals surface area contributed by atoms with Gasteiger partial charge in [0.1, 0.15) is 13.2 Å². The van der Waals surface area contributed by atoms with Gasteiger partial charge < -0.3 is 14.2 Å². The molecule has 0 N–H and O–H groups in total. The Morgan fingerprint density at radius 3 is 0.688 bits per heavy atom. The van der Waals surface area contributed by atoms with E-state index in [0.717, 1.165) is 64.2 Å². The molecule has 6 heteroatoms. The van der Waals surface area contributed by atoms with Crippen LogP contribution in [0, 0.1) is 0 Å². The molecule has 0 bridgehead atoms. The number of allylic oxidation sites excluding steroid dienone is 4. The zero-order chi connectivity index (χ0) is 57.8. The van der Waals surface area contributed by atoms with Gasteiger partial charge in [-0.25, -0.2) is 0 Å². The first kappa shape index (κ1) is 77.9. The second-order valence-electron chi connectivity index (χ2n) is 24.9. The molecule has 472 valence electrons. The maximum atomic E-state index is 12.9. The molecule has 0 aromatic rings. The van der Waals surface area contributed by atoms with E-state index in [4.69, 9.17) is 14.2 Å². The topological polar surface area (TPSA) is 78.9 Å². The van der Waals surface area contributed by atoms with E-state index in [2.05, 4.69) is 45.1 Å². The Labute approximate surface area is 500 Å². The van der Waals surface area contributed by atoms with Crippen molar-refractivity contribution in [2.45, 2.75) is 419 Å². The number of hydrogen-bond donors (Lipinski definition) is 0. The van der Waals surface area contributed by atoms with E-state index in [1.165, 1.54) is 308 Å². The minimum atomic E-state index is -0.766. The van der Waals surface area contributed by atoms with Gasteiger partial charge in [0, 0.05) is 19.3 Å². The van der Waals surface area contributed by atoms with Crippen LogP contribution in [0.3, 0.4) is 0 Å². The van der Waals surface area contributed by atoms with E-state index in [1.54, 1.807) is 0 Å². The molecule has 0 aliphatic heterocycles. The quantitative estimate of drug-likeness (QED) is 0.0261. The molecule has 0 aromatic heterocycles. The van der Waals surface area contributed by atoms with E-state index >= 15 is 0 Å². The maximum absolute atomic E-state index is 12.9. The second kappa shape index (κ2) is 69.4. The van der Waals surface area contributed by atoms with Crippen molar-refractivity contribution in [3.8, 4) is 0 Å². The average molecular weight is 1130 g/mol. The van der Waals surface area contributed by atoms with Gasteiger partial charge >= 0.3 is 17.9 Å². The molecule has 0 rings (SSSR count). The van der Waals surface area contributed by atoms with Crippen LogP contribution >= 0.6 is 0 Å². The highest BCUT2D eigenvalue weighted by molar-refractivity contribution is 5.71. The number of carbonyl (C=O) groups excluding carboxylic acids is 3. The van der Waals surface area contributed by atoms with Crippen molar-refractivity contribution >= 4 is 17.9 Å². The molecule has 0 heterocycles. The van der Waals surface area contributed by atoms with Gasteiger partial charge in [-0.1, -0.05) is 366 Å². The highest BCUT2D eigenvalue weighted by Gasteiger charge is 2.19. The van der Waals surface area contributed by atoms with Crippen LogP contribution in [0.5, 0.6) is 0 Å². The number of ether oxygens (including phenoxy) is 3. The molecular formula is C74H140O6. The smallest absolute Gasteiger partial charge is 0.306 e. The molecule has 0 aliphatic carbocycles. The Balaban J connectivity index is 4.13. The van der Waals surface area contributed by atoms with Crippen molar-refractivity contribution in [3.63, 3.8) is 0 Å². The van der Waals surface area contributed by atoms with Crippen molar-refractivity contribution in [1.29, 1.82) is 0 Å². The summed E-state index contributed by atoms with van der Waals surface area (Å²) in [4.78, 5) is 38.4. The third-order valence-electron chi connectivity index (χ3n) is 16.7. The van der Waals surface area contributed by atoms with Crippen LogP contribution in [0.2, 0.25) is 0 Å². The lowest BCUT2D eigenvalue weighted by atomic mass is 10.0. The summed E-state index contributed by atoms with van der Waals surface area (Å²) in [6.45, 7) is 6.71. The van der Waals surface area contributed by atoms with Gasteiger partial charge in [0.25, 0.3) is 0 Å². The van der Waals surface area contributed by atoms with Crippen molar-refractivity contribution in [3.05, 3.63) is 24.3 Å². The van der Waals surface area contributed by atoms with Crippen LogP contribution < -0.4 is 0 Å². The minimum Gasteiger partial charge on any atom is -0.462 e. The first-order valence-electron chi connectivity index (χ1n) is 36.3. The normalized spacial score (nSPS) is 12.1. The third-order valence-corrected chi connectivity index (χ3v) is 16.7. The number of unbranched alkanes of at least 4 members (excludes halogenated alkanes) is 53. The van der Waals surface area contributed by atoms with E-state index in [-0.39, 0.29) is 31.1 Å². The molecule has 0 saturated heterocycles. The maximum Gasteiger partial charge on any atom is 0.306 e. The van der Waals surface area contributed by atoms with E-state index < -0.39 is 6.10 Å². The van der Waals surface area contributed by atoms with Gasteiger partial charge in [-0.3, -0.25) is 14.4 Å². The van der Waals surface area contributed by atoms with Gasteiger partial charge in [0.05, 0.1) is 0 Å². The molecule has 0 aliphatic rings. The lowest BCUT2D eigenvalue weighted by Crippen LogP contribution is -2.30. The molecule has 1 unspecified atom stereocenters. The predicted molar refractivity (Wildman–Crippen MR) is 349 cm³/mol. The molecule has 0 fully saturated rings. The molecule has 0 radical (unpaired) electrons. The molecule has 1 atom stereocenters. The van der Waals surface area contributed by atoms with Crippen molar-refractivity contribution in [2.24, 2.45) is 0 Å². The minimum absolute atomic E-state index is 0.0634. The Bertz CT molecular complexity index is 1290. The van der Waals surface area contributed by atoms with Crippen LogP contribution in [0.15, 0.2) is 24.3 Å². The summed E-state index contributed by atoms with van der Waals surface area (Å²) in [5, 5.41) is 0. The number of esters is 3. The summed E-state index contributed by atoms with van der Waals surface area (Å²) >= 11 is 0. The molecule has 80 heavy (non-hydrogen) atoms. The van der Waals surface area contributed by atoms with Crippen LogP contribution in [0.1, 0.15) is 412 Å². The fourth-order valence-electron chi connectivity index (χ4n) is 11.2. The van der Waals surface area contributed by atoms with E-state index in [1.807, 2.05) is 0 Å². The van der Waals surface area contributed by atoms with Gasteiger partial charge in [0.2, 0.25) is 0 Å². The summed E-state index contributed by atoms with van der Waals surface area (Å²) in [6.07, 6.45) is 85.1. The standard InChI is InChI=1S/C74H140O6/c1-4-7-10-13-16-19-22-24-26-28-30-32-34-35-36-37-38-39-40-42-43-45-47-49-52-55-58-61-64-67-73(76)79-70-71(69-78-72(75)66-63-60-57-54-51-21-18-15-12-9-6-3)80-74(77)68-65-62-59-56-53-50-48-46-44-41-33-31-29-27-25-23-20-17-14-11-8-5-2/h22,24,28,30,71H,4-21,23,25-27,29,31-70H2,1-3H3/b24-22-,30-28-. The van der Waals surface area contributed by atoms with Crippen LogP contribution in [0.25, 0.3) is 0 Å². The van der Waals surface area contributed by atoms with Crippen LogP contribution in [-0.2, 0) is 28.6 Å². The Hall–Kier alpha value is -2.11. The lowest BCUT2D eigenvalue weighted by molar-refractivity contribution is -0.167. The lowest BCUT2D eigenvalue weighted by Gasteiger charge is -2.18. The van der Waals surface area contributed by atoms with Crippen molar-refractivity contribution in [1.82, 2.24) is 0 Å². The largest absolute Gasteiger partial charge is 0.462 e. The van der Waals surface area contributed by atoms with Gasteiger partial charge in [-0.15, -0.1) is 0 Å². The Kier molecular flexibility index (Phi) is 67.6. The second-order valence-corrected chi connectivity index (χ2v) is 24.9. The van der Waals surface area contributed by atoms with E-state index in [0.29, 0.717) is 19.3 Å². The molecule has 0 saturated carbocycles. The van der Waals surface area contributed by atoms with Crippen LogP contribution in [-0.4, -0.2) is 37.2 Å². The highest BCUT2D eigenvalue weighted by atomic mass is 16.6. The monoisotopic (exact) mass is 1130 g/mol. The van der Waals surface area contributed by atoms with Gasteiger partial charge in [-0.05, 0) is 51.4 Å². The first-order chi connectivity index (χ1) is 39.5.